The lowest BCUT2D eigenvalue weighted by atomic mass is 9.96. The Kier molecular flexibility index (Phi) is 4.31. The molecular weight excluding hydrogens is 350 g/mol. The van der Waals surface area contributed by atoms with Crippen LogP contribution in [0.1, 0.15) is 29.2 Å². The summed E-state index contributed by atoms with van der Waals surface area (Å²) in [6.07, 6.45) is 1.60. The van der Waals surface area contributed by atoms with E-state index in [4.69, 9.17) is 0 Å². The number of amides is 1. The second-order valence-electron chi connectivity index (χ2n) is 6.62. The molecule has 1 aliphatic heterocycles. The van der Waals surface area contributed by atoms with Crippen molar-refractivity contribution in [1.82, 2.24) is 24.8 Å². The average Bonchev–Trinajstić information content (AvgIpc) is 3.17. The molecule has 3 aromatic heterocycles. The number of hydrogen-bond donors (Lipinski definition) is 1. The van der Waals surface area contributed by atoms with Crippen LogP contribution in [0.5, 0.6) is 0 Å². The van der Waals surface area contributed by atoms with Crippen molar-refractivity contribution in [2.75, 3.05) is 23.3 Å². The van der Waals surface area contributed by atoms with Crippen molar-refractivity contribution in [1.29, 1.82) is 0 Å². The first kappa shape index (κ1) is 16.9. The minimum absolute atomic E-state index is 0.0103. The average molecular weight is 371 g/mol. The number of nitrogens with one attached hydrogen (secondary N) is 1. The Morgan fingerprint density at radius 3 is 2.65 bits per heavy atom. The predicted molar refractivity (Wildman–Crippen MR) is 101 cm³/mol. The highest BCUT2D eigenvalue weighted by Crippen LogP contribution is 2.25. The summed E-state index contributed by atoms with van der Waals surface area (Å²) in [6.45, 7) is 7.46. The van der Waals surface area contributed by atoms with E-state index < -0.39 is 0 Å². The lowest BCUT2D eigenvalue weighted by Gasteiger charge is -2.31. The maximum Gasteiger partial charge on any atom is 0.229 e. The lowest BCUT2D eigenvalue weighted by Crippen LogP contribution is -2.38. The molecule has 0 atom stereocenters. The number of aromatic nitrogens is 5. The highest BCUT2D eigenvalue weighted by atomic mass is 32.1. The Morgan fingerprint density at radius 1 is 1.19 bits per heavy atom. The fourth-order valence-electron chi connectivity index (χ4n) is 3.16. The van der Waals surface area contributed by atoms with Crippen molar-refractivity contribution < 1.29 is 4.79 Å². The number of fused-ring (bicyclic) bond motifs is 1. The van der Waals surface area contributed by atoms with E-state index in [0.29, 0.717) is 5.13 Å². The van der Waals surface area contributed by atoms with Crippen LogP contribution in [0.4, 0.5) is 10.9 Å². The van der Waals surface area contributed by atoms with E-state index in [2.05, 4.69) is 30.5 Å². The van der Waals surface area contributed by atoms with Gasteiger partial charge in [0.25, 0.3) is 0 Å². The summed E-state index contributed by atoms with van der Waals surface area (Å²) in [5, 5.41) is 16.4. The number of nitrogens with zero attached hydrogens (tertiary/aromatic N) is 6. The largest absolute Gasteiger partial charge is 0.355 e. The van der Waals surface area contributed by atoms with E-state index in [1.54, 1.807) is 4.52 Å². The zero-order valence-electron chi connectivity index (χ0n) is 15.1. The molecule has 0 aromatic carbocycles. The van der Waals surface area contributed by atoms with Gasteiger partial charge in [0.1, 0.15) is 5.82 Å². The van der Waals surface area contributed by atoms with Crippen LogP contribution in [0.3, 0.4) is 0 Å². The Hall–Kier alpha value is -2.55. The van der Waals surface area contributed by atoms with Crippen molar-refractivity contribution >= 4 is 33.8 Å². The van der Waals surface area contributed by atoms with Crippen molar-refractivity contribution in [3.8, 4) is 0 Å². The van der Waals surface area contributed by atoms with Crippen molar-refractivity contribution in [2.45, 2.75) is 33.6 Å². The quantitative estimate of drug-likeness (QED) is 0.760. The van der Waals surface area contributed by atoms with E-state index >= 15 is 0 Å². The molecule has 0 aliphatic carbocycles. The monoisotopic (exact) mass is 371 g/mol. The van der Waals surface area contributed by atoms with Crippen LogP contribution in [0, 0.1) is 26.7 Å². The summed E-state index contributed by atoms with van der Waals surface area (Å²) >= 11 is 1.53. The van der Waals surface area contributed by atoms with Gasteiger partial charge in [-0.2, -0.15) is 4.52 Å². The normalized spacial score (nSPS) is 15.6. The van der Waals surface area contributed by atoms with E-state index in [9.17, 15) is 4.79 Å². The smallest absolute Gasteiger partial charge is 0.229 e. The van der Waals surface area contributed by atoms with Crippen LogP contribution in [0.2, 0.25) is 0 Å². The molecule has 26 heavy (non-hydrogen) atoms. The minimum atomic E-state index is 0.0103. The van der Waals surface area contributed by atoms with Gasteiger partial charge in [0.15, 0.2) is 16.6 Å². The summed E-state index contributed by atoms with van der Waals surface area (Å²) in [6, 6.07) is 3.89. The summed E-state index contributed by atoms with van der Waals surface area (Å²) in [7, 11) is 0. The molecule has 8 nitrogen and oxygen atoms in total. The van der Waals surface area contributed by atoms with Crippen LogP contribution in [0.25, 0.3) is 5.65 Å². The van der Waals surface area contributed by atoms with Gasteiger partial charge in [0.2, 0.25) is 5.91 Å². The van der Waals surface area contributed by atoms with Gasteiger partial charge in [-0.25, -0.2) is 4.98 Å². The maximum absolute atomic E-state index is 12.5. The van der Waals surface area contributed by atoms with Gasteiger partial charge < -0.3 is 10.2 Å². The van der Waals surface area contributed by atoms with Gasteiger partial charge in [-0.15, -0.1) is 26.6 Å². The first-order valence-corrected chi connectivity index (χ1v) is 9.52. The Balaban J connectivity index is 1.39. The molecule has 0 spiro atoms. The lowest BCUT2D eigenvalue weighted by molar-refractivity contribution is -0.120. The molecule has 4 heterocycles. The van der Waals surface area contributed by atoms with Crippen molar-refractivity contribution in [3.63, 3.8) is 0 Å². The molecule has 1 N–H and O–H groups in total. The van der Waals surface area contributed by atoms with Gasteiger partial charge in [-0.3, -0.25) is 4.79 Å². The molecule has 1 aliphatic rings. The van der Waals surface area contributed by atoms with Gasteiger partial charge in [0, 0.05) is 23.9 Å². The van der Waals surface area contributed by atoms with Gasteiger partial charge in [-0.1, -0.05) is 0 Å². The summed E-state index contributed by atoms with van der Waals surface area (Å²) in [4.78, 5) is 20.3. The second-order valence-corrected chi connectivity index (χ2v) is 7.82. The van der Waals surface area contributed by atoms with Crippen LogP contribution in [0.15, 0.2) is 12.1 Å². The second kappa shape index (κ2) is 6.64. The number of rotatable bonds is 3. The first-order chi connectivity index (χ1) is 12.5. The van der Waals surface area contributed by atoms with E-state index in [1.165, 1.54) is 11.3 Å². The molecule has 3 aromatic rings. The fourth-order valence-corrected chi connectivity index (χ4v) is 3.98. The number of aryl methyl sites for hydroxylation is 3. The molecule has 9 heteroatoms. The minimum Gasteiger partial charge on any atom is -0.355 e. The van der Waals surface area contributed by atoms with Crippen LogP contribution >= 0.6 is 11.3 Å². The molecule has 0 saturated carbocycles. The van der Waals surface area contributed by atoms with E-state index in [-0.39, 0.29) is 11.8 Å². The van der Waals surface area contributed by atoms with Crippen molar-refractivity contribution in [2.24, 2.45) is 5.92 Å². The third-order valence-corrected chi connectivity index (χ3v) is 5.84. The van der Waals surface area contributed by atoms with Crippen LogP contribution in [-0.2, 0) is 4.79 Å². The predicted octanol–water partition coefficient (Wildman–Crippen LogP) is 2.36. The third kappa shape index (κ3) is 3.14. The molecule has 1 saturated heterocycles. The summed E-state index contributed by atoms with van der Waals surface area (Å²) in [5.41, 5.74) is 1.72. The SMILES string of the molecule is Cc1nc(NC(=O)C2CCN(c3ccc4nnc(C)n4n3)CC2)sc1C. The highest BCUT2D eigenvalue weighted by Gasteiger charge is 2.26. The van der Waals surface area contributed by atoms with Gasteiger partial charge >= 0.3 is 0 Å². The van der Waals surface area contributed by atoms with E-state index in [1.807, 2.05) is 32.9 Å². The highest BCUT2D eigenvalue weighted by molar-refractivity contribution is 7.15. The molecular formula is C17H21N7OS. The number of carbonyl (C=O) groups excluding carboxylic acids is 1. The van der Waals surface area contributed by atoms with E-state index in [0.717, 1.165) is 53.8 Å². The maximum atomic E-state index is 12.5. The zero-order valence-corrected chi connectivity index (χ0v) is 15.9. The molecule has 0 radical (unpaired) electrons. The fraction of sp³-hybridized carbons (Fsp3) is 0.471. The number of anilines is 2. The topological polar surface area (TPSA) is 88.3 Å². The van der Waals surface area contributed by atoms with Gasteiger partial charge in [0.05, 0.1) is 5.69 Å². The molecule has 1 amide bonds. The number of carbonyl (C=O) groups is 1. The molecule has 1 fully saturated rings. The standard InChI is InChI=1S/C17H21N7OS/c1-10-11(2)26-17(18-10)19-16(25)13-6-8-23(9-7-13)15-5-4-14-21-20-12(3)24(14)22-15/h4-5,13H,6-9H2,1-3H3,(H,18,19,25). The van der Waals surface area contributed by atoms with Crippen molar-refractivity contribution in [3.05, 3.63) is 28.5 Å². The third-order valence-electron chi connectivity index (χ3n) is 4.85. The van der Waals surface area contributed by atoms with Crippen LogP contribution < -0.4 is 10.2 Å². The summed E-state index contributed by atoms with van der Waals surface area (Å²) in [5.74, 6) is 1.74. The Morgan fingerprint density at radius 2 is 1.96 bits per heavy atom. The number of piperidine rings is 1. The zero-order chi connectivity index (χ0) is 18.3. The molecule has 0 unspecified atom stereocenters. The molecule has 0 bridgehead atoms. The number of thiazole rings is 1. The molecule has 136 valence electrons. The Labute approximate surface area is 155 Å². The van der Waals surface area contributed by atoms with Crippen LogP contribution in [-0.4, -0.2) is 43.8 Å². The molecule has 4 rings (SSSR count). The number of hydrogen-bond acceptors (Lipinski definition) is 7. The first-order valence-electron chi connectivity index (χ1n) is 8.70. The summed E-state index contributed by atoms with van der Waals surface area (Å²) < 4.78 is 1.75. The van der Waals surface area contributed by atoms with Gasteiger partial charge in [-0.05, 0) is 45.7 Å². The Bertz CT molecular complexity index is 936.